The van der Waals surface area contributed by atoms with Gasteiger partial charge in [-0.3, -0.25) is 9.59 Å². The van der Waals surface area contributed by atoms with E-state index in [1.165, 1.54) is 38.1 Å². The van der Waals surface area contributed by atoms with Gasteiger partial charge >= 0.3 is 17.9 Å². The van der Waals surface area contributed by atoms with Crippen LogP contribution in [0.4, 0.5) is 0 Å². The van der Waals surface area contributed by atoms with Gasteiger partial charge in [-0.2, -0.15) is 0 Å². The van der Waals surface area contributed by atoms with Crippen molar-refractivity contribution in [2.75, 3.05) is 6.61 Å². The quantitative estimate of drug-likeness (QED) is 0.222. The summed E-state index contributed by atoms with van der Waals surface area (Å²) in [6.07, 6.45) is 11.3. The minimum atomic E-state index is -0.552. The van der Waals surface area contributed by atoms with Crippen LogP contribution >= 0.6 is 0 Å². The van der Waals surface area contributed by atoms with E-state index in [2.05, 4.69) is 5.92 Å². The van der Waals surface area contributed by atoms with Crippen molar-refractivity contribution in [3.8, 4) is 23.8 Å². The average Bonchev–Trinajstić information content (AvgIpc) is 2.57. The maximum atomic E-state index is 11.7. The summed E-state index contributed by atoms with van der Waals surface area (Å²) in [5.74, 6) is 1.22. The Balaban J connectivity index is 2.63. The van der Waals surface area contributed by atoms with Crippen LogP contribution in [0.25, 0.3) is 6.08 Å². The Morgan fingerprint density at radius 2 is 1.73 bits per heavy atom. The normalized spacial score (nSPS) is 10.2. The number of benzene rings is 1. The molecule has 0 aromatic heterocycles. The highest BCUT2D eigenvalue weighted by Gasteiger charge is 2.10. The highest BCUT2D eigenvalue weighted by molar-refractivity contribution is 5.87. The summed E-state index contributed by atoms with van der Waals surface area (Å²) in [7, 11) is 0. The second-order valence-corrected chi connectivity index (χ2v) is 5.41. The molecule has 0 atom stereocenters. The molecular weight excluding hydrogens is 336 g/mol. The summed E-state index contributed by atoms with van der Waals surface area (Å²) in [6, 6.07) is 4.59. The molecule has 1 aromatic rings. The third-order valence-electron chi connectivity index (χ3n) is 3.10. The van der Waals surface area contributed by atoms with Crippen LogP contribution in [0.3, 0.4) is 0 Å². The van der Waals surface area contributed by atoms with Crippen LogP contribution in [0.1, 0.15) is 45.1 Å². The summed E-state index contributed by atoms with van der Waals surface area (Å²) < 4.78 is 15.1. The van der Waals surface area contributed by atoms with Crippen LogP contribution in [0.5, 0.6) is 11.5 Å². The fourth-order valence-corrected chi connectivity index (χ4v) is 1.99. The molecule has 0 aliphatic carbocycles. The second kappa shape index (κ2) is 11.5. The van der Waals surface area contributed by atoms with E-state index in [-0.39, 0.29) is 11.5 Å². The summed E-state index contributed by atoms with van der Waals surface area (Å²) in [5, 5.41) is 0. The molecule has 0 fully saturated rings. The summed E-state index contributed by atoms with van der Waals surface area (Å²) in [6.45, 7) is 2.81. The molecule has 0 aliphatic heterocycles. The van der Waals surface area contributed by atoms with Gasteiger partial charge in [0.25, 0.3) is 0 Å². The van der Waals surface area contributed by atoms with Crippen molar-refractivity contribution in [2.45, 2.75) is 39.5 Å². The molecule has 0 saturated heterocycles. The Morgan fingerprint density at radius 3 is 2.38 bits per heavy atom. The van der Waals surface area contributed by atoms with Crippen molar-refractivity contribution >= 4 is 24.0 Å². The first kappa shape index (κ1) is 21.0. The second-order valence-electron chi connectivity index (χ2n) is 5.41. The van der Waals surface area contributed by atoms with E-state index in [1.54, 1.807) is 6.07 Å². The summed E-state index contributed by atoms with van der Waals surface area (Å²) in [4.78, 5) is 33.9. The van der Waals surface area contributed by atoms with E-state index < -0.39 is 17.9 Å². The molecule has 6 heteroatoms. The number of ether oxygens (including phenoxy) is 3. The van der Waals surface area contributed by atoms with E-state index in [0.29, 0.717) is 12.2 Å². The molecule has 1 aromatic carbocycles. The Morgan fingerprint density at radius 1 is 1.04 bits per heavy atom. The van der Waals surface area contributed by atoms with Crippen molar-refractivity contribution in [2.24, 2.45) is 0 Å². The summed E-state index contributed by atoms with van der Waals surface area (Å²) in [5.41, 5.74) is 0.586. The SMILES string of the molecule is C#CCCCCCOC(=O)/C=C/c1ccc(OC(C)=O)c(OC(C)=O)c1. The Bertz CT molecular complexity index is 712. The zero-order valence-electron chi connectivity index (χ0n) is 14.9. The molecule has 0 N–H and O–H groups in total. The lowest BCUT2D eigenvalue weighted by Crippen LogP contribution is -2.07. The molecule has 0 aliphatic rings. The first-order valence-corrected chi connectivity index (χ1v) is 8.21. The lowest BCUT2D eigenvalue weighted by molar-refractivity contribution is -0.138. The van der Waals surface area contributed by atoms with Gasteiger partial charge in [0.2, 0.25) is 0 Å². The molecule has 0 unspecified atom stereocenters. The first-order chi connectivity index (χ1) is 12.4. The monoisotopic (exact) mass is 358 g/mol. The largest absolute Gasteiger partial charge is 0.463 e. The summed E-state index contributed by atoms with van der Waals surface area (Å²) >= 11 is 0. The van der Waals surface area contributed by atoms with Crippen molar-refractivity contribution in [3.05, 3.63) is 29.8 Å². The highest BCUT2D eigenvalue weighted by atomic mass is 16.6. The van der Waals surface area contributed by atoms with Gasteiger partial charge in [-0.05, 0) is 43.0 Å². The Hall–Kier alpha value is -3.07. The molecule has 0 saturated carbocycles. The predicted molar refractivity (Wildman–Crippen MR) is 96.4 cm³/mol. The number of carbonyl (C=O) groups excluding carboxylic acids is 3. The maximum absolute atomic E-state index is 11.7. The van der Waals surface area contributed by atoms with Crippen LogP contribution in [-0.4, -0.2) is 24.5 Å². The van der Waals surface area contributed by atoms with Crippen molar-refractivity contribution in [1.29, 1.82) is 0 Å². The van der Waals surface area contributed by atoms with Crippen LogP contribution in [0.15, 0.2) is 24.3 Å². The first-order valence-electron chi connectivity index (χ1n) is 8.21. The predicted octanol–water partition coefficient (Wildman–Crippen LogP) is 3.29. The van der Waals surface area contributed by atoms with Crippen LogP contribution in [0.2, 0.25) is 0 Å². The molecule has 1 rings (SSSR count). The van der Waals surface area contributed by atoms with Gasteiger partial charge in [0.05, 0.1) is 6.61 Å². The van der Waals surface area contributed by atoms with Crippen LogP contribution < -0.4 is 9.47 Å². The molecule has 0 bridgehead atoms. The standard InChI is InChI=1S/C20H22O6/c1-4-5-6-7-8-13-24-20(23)12-10-17-9-11-18(25-15(2)21)19(14-17)26-16(3)22/h1,9-12,14H,5-8,13H2,2-3H3/b12-10+. The van der Waals surface area contributed by atoms with Gasteiger partial charge in [0.1, 0.15) is 0 Å². The van der Waals surface area contributed by atoms with Crippen LogP contribution in [-0.2, 0) is 19.1 Å². The van der Waals surface area contributed by atoms with Crippen molar-refractivity contribution in [3.63, 3.8) is 0 Å². The topological polar surface area (TPSA) is 78.9 Å². The third kappa shape index (κ3) is 8.69. The zero-order chi connectivity index (χ0) is 19.4. The van der Waals surface area contributed by atoms with Gasteiger partial charge < -0.3 is 14.2 Å². The number of hydrogen-bond donors (Lipinski definition) is 0. The number of hydrogen-bond acceptors (Lipinski definition) is 6. The Labute approximate surface area is 153 Å². The minimum absolute atomic E-state index is 0.0942. The van der Waals surface area contributed by atoms with Crippen molar-refractivity contribution < 1.29 is 28.6 Å². The molecule has 6 nitrogen and oxygen atoms in total. The number of rotatable bonds is 9. The van der Waals surface area contributed by atoms with Gasteiger partial charge in [-0.25, -0.2) is 4.79 Å². The molecule has 0 amide bonds. The third-order valence-corrected chi connectivity index (χ3v) is 3.10. The minimum Gasteiger partial charge on any atom is -0.463 e. The molecule has 0 heterocycles. The lowest BCUT2D eigenvalue weighted by atomic mass is 10.2. The van der Waals surface area contributed by atoms with E-state index in [0.717, 1.165) is 25.7 Å². The lowest BCUT2D eigenvalue weighted by Gasteiger charge is -2.09. The number of esters is 3. The van der Waals surface area contributed by atoms with Crippen LogP contribution in [0, 0.1) is 12.3 Å². The number of carbonyl (C=O) groups is 3. The highest BCUT2D eigenvalue weighted by Crippen LogP contribution is 2.29. The smallest absolute Gasteiger partial charge is 0.330 e. The zero-order valence-corrected chi connectivity index (χ0v) is 14.9. The van der Waals surface area contributed by atoms with E-state index in [1.807, 2.05) is 0 Å². The van der Waals surface area contributed by atoms with Gasteiger partial charge in [0.15, 0.2) is 11.5 Å². The van der Waals surface area contributed by atoms with Gasteiger partial charge in [0, 0.05) is 26.3 Å². The van der Waals surface area contributed by atoms with Crippen molar-refractivity contribution in [1.82, 2.24) is 0 Å². The number of unbranched alkanes of at least 4 members (excludes halogenated alkanes) is 3. The fraction of sp³-hybridized carbons (Fsp3) is 0.350. The van der Waals surface area contributed by atoms with Gasteiger partial charge in [-0.1, -0.05) is 6.07 Å². The molecule has 138 valence electrons. The number of terminal acetylenes is 1. The molecule has 0 spiro atoms. The molecule has 26 heavy (non-hydrogen) atoms. The average molecular weight is 358 g/mol. The Kier molecular flexibility index (Phi) is 9.26. The van der Waals surface area contributed by atoms with E-state index in [9.17, 15) is 14.4 Å². The molecular formula is C20H22O6. The van der Waals surface area contributed by atoms with E-state index >= 15 is 0 Å². The molecule has 0 radical (unpaired) electrons. The fourth-order valence-electron chi connectivity index (χ4n) is 1.99. The van der Waals surface area contributed by atoms with Gasteiger partial charge in [-0.15, -0.1) is 12.3 Å². The van der Waals surface area contributed by atoms with E-state index in [4.69, 9.17) is 20.6 Å². The maximum Gasteiger partial charge on any atom is 0.330 e.